The summed E-state index contributed by atoms with van der Waals surface area (Å²) in [6.07, 6.45) is 3.49. The van der Waals surface area contributed by atoms with Gasteiger partial charge in [-0.3, -0.25) is 4.79 Å². The van der Waals surface area contributed by atoms with Gasteiger partial charge in [0.25, 0.3) is 5.91 Å². The number of carbonyl (C=O) groups is 1. The Morgan fingerprint density at radius 1 is 1.50 bits per heavy atom. The van der Waals surface area contributed by atoms with E-state index in [4.69, 9.17) is 0 Å². The number of rotatable bonds is 4. The van der Waals surface area contributed by atoms with Crippen molar-refractivity contribution in [1.29, 1.82) is 0 Å². The van der Waals surface area contributed by atoms with Crippen LogP contribution in [0, 0.1) is 6.92 Å². The van der Waals surface area contributed by atoms with Gasteiger partial charge in [0, 0.05) is 22.6 Å². The van der Waals surface area contributed by atoms with Crippen LogP contribution in [0.3, 0.4) is 0 Å². The molecule has 0 aromatic heterocycles. The van der Waals surface area contributed by atoms with Crippen LogP contribution in [0.15, 0.2) is 22.7 Å². The molecule has 1 heterocycles. The van der Waals surface area contributed by atoms with E-state index in [1.807, 2.05) is 25.1 Å². The molecule has 0 saturated carbocycles. The number of amides is 1. The number of nitrogens with one attached hydrogen (secondary N) is 2. The molecule has 1 aromatic carbocycles. The summed E-state index contributed by atoms with van der Waals surface area (Å²) < 4.78 is 0.949. The highest BCUT2D eigenvalue weighted by Gasteiger charge is 2.14. The van der Waals surface area contributed by atoms with E-state index >= 15 is 0 Å². The average molecular weight is 311 g/mol. The normalized spacial score (nSPS) is 18.9. The molecule has 0 aliphatic carbocycles. The van der Waals surface area contributed by atoms with Gasteiger partial charge in [0.1, 0.15) is 0 Å². The van der Waals surface area contributed by atoms with Crippen molar-refractivity contribution in [3.05, 3.63) is 33.8 Å². The highest BCUT2D eigenvalue weighted by molar-refractivity contribution is 9.10. The first-order chi connectivity index (χ1) is 8.65. The zero-order valence-corrected chi connectivity index (χ0v) is 12.2. The summed E-state index contributed by atoms with van der Waals surface area (Å²) in [5.41, 5.74) is 1.81. The molecule has 0 radical (unpaired) electrons. The lowest BCUT2D eigenvalue weighted by atomic mass is 10.1. The maximum absolute atomic E-state index is 12.0. The van der Waals surface area contributed by atoms with Gasteiger partial charge >= 0.3 is 0 Å². The third-order valence-electron chi connectivity index (χ3n) is 3.25. The number of carbonyl (C=O) groups excluding carboxylic acids is 1. The first kappa shape index (κ1) is 13.6. The van der Waals surface area contributed by atoms with Gasteiger partial charge in [0.2, 0.25) is 0 Å². The molecule has 98 valence electrons. The van der Waals surface area contributed by atoms with Crippen LogP contribution in [-0.4, -0.2) is 25.0 Å². The van der Waals surface area contributed by atoms with Crippen molar-refractivity contribution in [2.75, 3.05) is 13.1 Å². The second kappa shape index (κ2) is 6.34. The van der Waals surface area contributed by atoms with E-state index in [0.29, 0.717) is 6.04 Å². The third kappa shape index (κ3) is 3.82. The summed E-state index contributed by atoms with van der Waals surface area (Å²) >= 11 is 3.41. The molecule has 2 rings (SSSR count). The molecule has 4 heteroatoms. The molecule has 1 aliphatic heterocycles. The van der Waals surface area contributed by atoms with E-state index in [-0.39, 0.29) is 5.91 Å². The summed E-state index contributed by atoms with van der Waals surface area (Å²) in [5.74, 6) is 0.0115. The van der Waals surface area contributed by atoms with E-state index in [1.165, 1.54) is 12.8 Å². The predicted octanol–water partition coefficient (Wildman–Crippen LogP) is 2.63. The molecule has 1 amide bonds. The van der Waals surface area contributed by atoms with E-state index in [0.717, 1.165) is 35.1 Å². The predicted molar refractivity (Wildman–Crippen MR) is 76.9 cm³/mol. The zero-order chi connectivity index (χ0) is 13.0. The van der Waals surface area contributed by atoms with E-state index in [1.54, 1.807) is 0 Å². The van der Waals surface area contributed by atoms with Crippen molar-refractivity contribution in [3.63, 3.8) is 0 Å². The Kier molecular flexibility index (Phi) is 4.78. The van der Waals surface area contributed by atoms with Gasteiger partial charge in [-0.15, -0.1) is 0 Å². The Bertz CT molecular complexity index is 408. The van der Waals surface area contributed by atoms with Crippen molar-refractivity contribution in [2.24, 2.45) is 0 Å². The van der Waals surface area contributed by atoms with Gasteiger partial charge in [-0.2, -0.15) is 0 Å². The zero-order valence-electron chi connectivity index (χ0n) is 10.6. The van der Waals surface area contributed by atoms with Crippen LogP contribution in [0.2, 0.25) is 0 Å². The number of benzene rings is 1. The molecule has 1 atom stereocenters. The lowest BCUT2D eigenvalue weighted by Crippen LogP contribution is -2.30. The molecule has 0 bridgehead atoms. The van der Waals surface area contributed by atoms with Crippen LogP contribution < -0.4 is 10.6 Å². The average Bonchev–Trinajstić information content (AvgIpc) is 2.80. The van der Waals surface area contributed by atoms with Crippen LogP contribution in [0.1, 0.15) is 35.2 Å². The van der Waals surface area contributed by atoms with Crippen LogP contribution >= 0.6 is 15.9 Å². The minimum absolute atomic E-state index is 0.0115. The largest absolute Gasteiger partial charge is 0.352 e. The molecule has 1 fully saturated rings. The Morgan fingerprint density at radius 2 is 2.33 bits per heavy atom. The van der Waals surface area contributed by atoms with Crippen LogP contribution in [0.25, 0.3) is 0 Å². The highest BCUT2D eigenvalue weighted by Crippen LogP contribution is 2.15. The molecule has 1 aliphatic rings. The Labute approximate surface area is 116 Å². The van der Waals surface area contributed by atoms with Gasteiger partial charge in [-0.1, -0.05) is 15.9 Å². The monoisotopic (exact) mass is 310 g/mol. The first-order valence-electron chi connectivity index (χ1n) is 6.44. The minimum Gasteiger partial charge on any atom is -0.352 e. The Hall–Kier alpha value is -0.870. The third-order valence-corrected chi connectivity index (χ3v) is 3.70. The fraction of sp³-hybridized carbons (Fsp3) is 0.500. The van der Waals surface area contributed by atoms with Crippen LogP contribution in [0.5, 0.6) is 0 Å². The quantitative estimate of drug-likeness (QED) is 0.897. The fourth-order valence-corrected chi connectivity index (χ4v) is 2.94. The minimum atomic E-state index is 0.0115. The van der Waals surface area contributed by atoms with Crippen molar-refractivity contribution in [1.82, 2.24) is 10.6 Å². The molecular weight excluding hydrogens is 292 g/mol. The second-order valence-electron chi connectivity index (χ2n) is 4.86. The van der Waals surface area contributed by atoms with Crippen molar-refractivity contribution >= 4 is 21.8 Å². The van der Waals surface area contributed by atoms with Crippen molar-refractivity contribution in [2.45, 2.75) is 32.2 Å². The van der Waals surface area contributed by atoms with Crippen molar-refractivity contribution < 1.29 is 4.79 Å². The molecule has 2 N–H and O–H groups in total. The topological polar surface area (TPSA) is 41.1 Å². The van der Waals surface area contributed by atoms with Gasteiger partial charge < -0.3 is 10.6 Å². The molecular formula is C14H19BrN2O. The lowest BCUT2D eigenvalue weighted by molar-refractivity contribution is 0.0952. The van der Waals surface area contributed by atoms with Crippen LogP contribution in [-0.2, 0) is 0 Å². The number of hydrogen-bond acceptors (Lipinski definition) is 2. The summed E-state index contributed by atoms with van der Waals surface area (Å²) in [5, 5.41) is 6.41. The van der Waals surface area contributed by atoms with E-state index in [2.05, 4.69) is 26.6 Å². The van der Waals surface area contributed by atoms with Gasteiger partial charge in [0.05, 0.1) is 0 Å². The van der Waals surface area contributed by atoms with E-state index < -0.39 is 0 Å². The Morgan fingerprint density at radius 3 is 3.00 bits per heavy atom. The summed E-state index contributed by atoms with van der Waals surface area (Å²) in [7, 11) is 0. The van der Waals surface area contributed by atoms with Gasteiger partial charge in [-0.05, 0) is 56.5 Å². The molecule has 18 heavy (non-hydrogen) atoms. The second-order valence-corrected chi connectivity index (χ2v) is 5.77. The molecule has 1 saturated heterocycles. The molecule has 1 aromatic rings. The van der Waals surface area contributed by atoms with E-state index in [9.17, 15) is 4.79 Å². The first-order valence-corrected chi connectivity index (χ1v) is 7.23. The maximum atomic E-state index is 12.0. The molecule has 3 nitrogen and oxygen atoms in total. The summed E-state index contributed by atoms with van der Waals surface area (Å²) in [4.78, 5) is 12.0. The van der Waals surface area contributed by atoms with Crippen molar-refractivity contribution in [3.8, 4) is 0 Å². The lowest BCUT2D eigenvalue weighted by Gasteiger charge is -2.11. The SMILES string of the molecule is Cc1cc(Br)cc(C(=O)NCC[C@H]2CCCN2)c1. The maximum Gasteiger partial charge on any atom is 0.251 e. The highest BCUT2D eigenvalue weighted by atomic mass is 79.9. The molecule has 0 unspecified atom stereocenters. The smallest absolute Gasteiger partial charge is 0.251 e. The molecule has 0 spiro atoms. The summed E-state index contributed by atoms with van der Waals surface area (Å²) in [6.45, 7) is 3.84. The van der Waals surface area contributed by atoms with Crippen LogP contribution in [0.4, 0.5) is 0 Å². The van der Waals surface area contributed by atoms with Gasteiger partial charge in [-0.25, -0.2) is 0 Å². The van der Waals surface area contributed by atoms with Gasteiger partial charge in [0.15, 0.2) is 0 Å². The Balaban J connectivity index is 1.83. The standard InChI is InChI=1S/C14H19BrN2O/c1-10-7-11(9-12(15)8-10)14(18)17-6-4-13-3-2-5-16-13/h7-9,13,16H,2-6H2,1H3,(H,17,18)/t13-/m1/s1. The number of halogens is 1. The number of aryl methyl sites for hydroxylation is 1. The number of hydrogen-bond donors (Lipinski definition) is 2. The fourth-order valence-electron chi connectivity index (χ4n) is 2.33. The summed E-state index contributed by atoms with van der Waals surface area (Å²) in [6, 6.07) is 6.35.